The average molecular weight is 237 g/mol. The Balaban J connectivity index is 2.79. The van der Waals surface area contributed by atoms with E-state index >= 15 is 0 Å². The molecule has 4 heteroatoms. The van der Waals surface area contributed by atoms with Crippen molar-refractivity contribution in [1.82, 2.24) is 0 Å². The summed E-state index contributed by atoms with van der Waals surface area (Å²) >= 11 is 7.59. The number of nitriles is 1. The quantitative estimate of drug-likeness (QED) is 0.602. The molecule has 0 unspecified atom stereocenters. The molecule has 0 amide bonds. The van der Waals surface area contributed by atoms with Gasteiger partial charge in [-0.05, 0) is 18.4 Å². The van der Waals surface area contributed by atoms with Gasteiger partial charge < -0.3 is 0 Å². The van der Waals surface area contributed by atoms with Gasteiger partial charge in [0.15, 0.2) is 0 Å². The molecule has 0 saturated heterocycles. The van der Waals surface area contributed by atoms with Gasteiger partial charge >= 0.3 is 0 Å². The number of thiol groups is 1. The second-order valence-corrected chi connectivity index (χ2v) is 5.02. The molecule has 0 saturated carbocycles. The summed E-state index contributed by atoms with van der Waals surface area (Å²) in [7, 11) is 0. The molecule has 0 radical (unpaired) electrons. The van der Waals surface area contributed by atoms with E-state index in [-0.39, 0.29) is 0 Å². The molecule has 2 aromatic rings. The lowest BCUT2D eigenvalue weighted by molar-refractivity contribution is 1.40. The van der Waals surface area contributed by atoms with Crippen LogP contribution in [0.5, 0.6) is 0 Å². The zero-order valence-corrected chi connectivity index (χ0v) is 9.97. The Morgan fingerprint density at radius 2 is 2.29 bits per heavy atom. The van der Waals surface area contributed by atoms with Crippen LogP contribution in [0.3, 0.4) is 0 Å². The Morgan fingerprint density at radius 1 is 1.50 bits per heavy atom. The van der Waals surface area contributed by atoms with Crippen LogP contribution < -0.4 is 0 Å². The van der Waals surface area contributed by atoms with Gasteiger partial charge in [0.25, 0.3) is 0 Å². The highest BCUT2D eigenvalue weighted by atomic mass is 32.2. The lowest BCUT2D eigenvalue weighted by Crippen LogP contribution is -1.79. The smallest absolute Gasteiger partial charge is 0.100 e. The van der Waals surface area contributed by atoms with E-state index in [9.17, 15) is 0 Å². The number of nitrogens with zero attached hydrogens (tertiary/aromatic N) is 1. The number of thiophene rings is 1. The van der Waals surface area contributed by atoms with Gasteiger partial charge in [-0.25, -0.2) is 0 Å². The Morgan fingerprint density at radius 3 is 2.93 bits per heavy atom. The van der Waals surface area contributed by atoms with Gasteiger partial charge in [0.2, 0.25) is 0 Å². The maximum absolute atomic E-state index is 8.94. The Hall–Kier alpha value is -0.630. The zero-order valence-electron chi connectivity index (χ0n) is 7.44. The fourth-order valence-electron chi connectivity index (χ4n) is 1.30. The first-order chi connectivity index (χ1) is 6.76. The van der Waals surface area contributed by atoms with Gasteiger partial charge in [-0.3, -0.25) is 0 Å². The Bertz CT molecular complexity index is 522. The predicted molar refractivity (Wildman–Crippen MR) is 65.6 cm³/mol. The van der Waals surface area contributed by atoms with Crippen molar-refractivity contribution in [3.05, 3.63) is 23.1 Å². The van der Waals surface area contributed by atoms with E-state index in [1.165, 1.54) is 0 Å². The minimum Gasteiger partial charge on any atom is -0.192 e. The Kier molecular flexibility index (Phi) is 2.73. The molecule has 0 fully saturated rings. The molecule has 1 heterocycles. The fraction of sp³-hybridized carbons (Fsp3) is 0.100. The summed E-state index contributed by atoms with van der Waals surface area (Å²) in [5.41, 5.74) is 0.750. The monoisotopic (exact) mass is 237 g/mol. The van der Waals surface area contributed by atoms with Gasteiger partial charge in [0, 0.05) is 25.3 Å². The molecule has 0 spiro atoms. The molecule has 0 bridgehead atoms. The van der Waals surface area contributed by atoms with Crippen molar-refractivity contribution in [3.63, 3.8) is 0 Å². The summed E-state index contributed by atoms with van der Waals surface area (Å²) < 4.78 is 1.13. The predicted octanol–water partition coefficient (Wildman–Crippen LogP) is 3.78. The number of fused-ring (bicyclic) bond motifs is 1. The topological polar surface area (TPSA) is 23.8 Å². The van der Waals surface area contributed by atoms with E-state index in [0.29, 0.717) is 0 Å². The van der Waals surface area contributed by atoms with Crippen LogP contribution in [0, 0.1) is 11.3 Å². The number of rotatable bonds is 1. The fourth-order valence-corrected chi connectivity index (χ4v) is 3.12. The lowest BCUT2D eigenvalue weighted by atomic mass is 10.2. The number of benzene rings is 1. The van der Waals surface area contributed by atoms with Gasteiger partial charge in [-0.15, -0.1) is 35.7 Å². The summed E-state index contributed by atoms with van der Waals surface area (Å²) in [6.45, 7) is 0. The number of thioether (sulfide) groups is 1. The molecule has 2 rings (SSSR count). The highest BCUT2D eigenvalue weighted by molar-refractivity contribution is 7.98. The van der Waals surface area contributed by atoms with Crippen LogP contribution in [0.2, 0.25) is 0 Å². The maximum atomic E-state index is 8.94. The zero-order chi connectivity index (χ0) is 10.1. The summed E-state index contributed by atoms with van der Waals surface area (Å²) in [5.74, 6) is 0. The van der Waals surface area contributed by atoms with Crippen molar-refractivity contribution in [1.29, 1.82) is 5.26 Å². The average Bonchev–Trinajstić information content (AvgIpc) is 2.58. The van der Waals surface area contributed by atoms with Crippen LogP contribution in [-0.4, -0.2) is 6.26 Å². The molecule has 1 aromatic carbocycles. The highest BCUT2D eigenvalue weighted by Crippen LogP contribution is 2.33. The molecular weight excluding hydrogens is 230 g/mol. The van der Waals surface area contributed by atoms with Crippen molar-refractivity contribution in [2.75, 3.05) is 6.26 Å². The minimum absolute atomic E-state index is 0.750. The molecular formula is C10H7NS3. The second-order valence-electron chi connectivity index (χ2n) is 2.78. The standard InChI is InChI=1S/C10H7NS3/c1-13-9-3-7-8(12)5-14-10(7)2-6(9)4-11/h2-3,5,12H,1H3. The van der Waals surface area contributed by atoms with Crippen LogP contribution in [0.1, 0.15) is 5.56 Å². The maximum Gasteiger partial charge on any atom is 0.100 e. The van der Waals surface area contributed by atoms with Crippen LogP contribution in [0.25, 0.3) is 10.1 Å². The van der Waals surface area contributed by atoms with E-state index in [0.717, 1.165) is 25.4 Å². The first-order valence-corrected chi connectivity index (χ1v) is 6.49. The molecule has 0 aliphatic carbocycles. The van der Waals surface area contributed by atoms with E-state index in [2.05, 4.69) is 18.7 Å². The van der Waals surface area contributed by atoms with E-state index < -0.39 is 0 Å². The molecule has 1 aromatic heterocycles. The van der Waals surface area contributed by atoms with Crippen molar-refractivity contribution >= 4 is 45.8 Å². The third-order valence-corrected chi connectivity index (χ3v) is 4.26. The molecule has 0 N–H and O–H groups in total. The molecule has 14 heavy (non-hydrogen) atoms. The largest absolute Gasteiger partial charge is 0.192 e. The molecule has 1 nitrogen and oxygen atoms in total. The van der Waals surface area contributed by atoms with Gasteiger partial charge in [0.1, 0.15) is 6.07 Å². The van der Waals surface area contributed by atoms with Crippen molar-refractivity contribution in [2.45, 2.75) is 9.79 Å². The lowest BCUT2D eigenvalue weighted by Gasteiger charge is -2.00. The summed E-state index contributed by atoms with van der Waals surface area (Å²) in [6, 6.07) is 6.18. The second kappa shape index (κ2) is 3.85. The number of hydrogen-bond acceptors (Lipinski definition) is 4. The van der Waals surface area contributed by atoms with Gasteiger partial charge in [-0.1, -0.05) is 0 Å². The summed E-state index contributed by atoms with van der Waals surface area (Å²) in [4.78, 5) is 2.01. The van der Waals surface area contributed by atoms with Crippen LogP contribution >= 0.6 is 35.7 Å². The van der Waals surface area contributed by atoms with Gasteiger partial charge in [0.05, 0.1) is 5.56 Å². The van der Waals surface area contributed by atoms with Crippen molar-refractivity contribution in [3.8, 4) is 6.07 Å². The van der Waals surface area contributed by atoms with E-state index in [4.69, 9.17) is 5.26 Å². The van der Waals surface area contributed by atoms with E-state index in [1.54, 1.807) is 23.1 Å². The SMILES string of the molecule is CSc1cc2c(S)csc2cc1C#N. The molecule has 0 aliphatic rings. The van der Waals surface area contributed by atoms with Crippen molar-refractivity contribution < 1.29 is 0 Å². The van der Waals surface area contributed by atoms with Gasteiger partial charge in [-0.2, -0.15) is 5.26 Å². The molecule has 0 atom stereocenters. The Labute approximate surface area is 96.2 Å². The van der Waals surface area contributed by atoms with E-state index in [1.807, 2.05) is 23.8 Å². The summed E-state index contributed by atoms with van der Waals surface area (Å²) in [6.07, 6.45) is 1.98. The number of hydrogen-bond donors (Lipinski definition) is 1. The molecule has 0 aliphatic heterocycles. The van der Waals surface area contributed by atoms with Crippen LogP contribution in [-0.2, 0) is 0 Å². The third kappa shape index (κ3) is 1.52. The molecule has 70 valence electrons. The normalized spacial score (nSPS) is 10.4. The minimum atomic E-state index is 0.750. The first kappa shape index (κ1) is 9.91. The van der Waals surface area contributed by atoms with Crippen LogP contribution in [0.4, 0.5) is 0 Å². The third-order valence-electron chi connectivity index (χ3n) is 2.00. The van der Waals surface area contributed by atoms with Crippen molar-refractivity contribution in [2.24, 2.45) is 0 Å². The van der Waals surface area contributed by atoms with Crippen LogP contribution in [0.15, 0.2) is 27.3 Å². The first-order valence-electron chi connectivity index (χ1n) is 3.94. The highest BCUT2D eigenvalue weighted by Gasteiger charge is 2.07. The summed E-state index contributed by atoms with van der Waals surface area (Å²) in [5, 5.41) is 12.1.